The minimum absolute atomic E-state index is 0.385. The number of hydrogen-bond donors (Lipinski definition) is 1. The van der Waals surface area contributed by atoms with Crippen molar-refractivity contribution in [2.24, 2.45) is 5.92 Å². The molecule has 0 heterocycles. The average molecular weight is 262 g/mol. The molecule has 0 aromatic heterocycles. The van der Waals surface area contributed by atoms with E-state index in [4.69, 9.17) is 4.74 Å². The van der Waals surface area contributed by atoms with Crippen molar-refractivity contribution in [1.82, 2.24) is 0 Å². The Morgan fingerprint density at radius 1 is 1.26 bits per heavy atom. The van der Waals surface area contributed by atoms with E-state index >= 15 is 0 Å². The van der Waals surface area contributed by atoms with E-state index in [1.807, 2.05) is 19.1 Å². The summed E-state index contributed by atoms with van der Waals surface area (Å²) in [5.74, 6) is 1.52. The SMILES string of the molecule is CCOc1ccc(C)cc1C(O)CC1CCCCC1. The predicted octanol–water partition coefficient (Wildman–Crippen LogP) is 4.40. The molecule has 1 N–H and O–H groups in total. The molecule has 1 saturated carbocycles. The van der Waals surface area contributed by atoms with Gasteiger partial charge in [-0.05, 0) is 38.3 Å². The Bertz CT molecular complexity index is 394. The largest absolute Gasteiger partial charge is 0.493 e. The lowest BCUT2D eigenvalue weighted by molar-refractivity contribution is 0.127. The normalized spacial score (nSPS) is 18.3. The number of benzene rings is 1. The Morgan fingerprint density at radius 2 is 2.00 bits per heavy atom. The van der Waals surface area contributed by atoms with Crippen LogP contribution in [0.25, 0.3) is 0 Å². The van der Waals surface area contributed by atoms with Crippen molar-refractivity contribution in [1.29, 1.82) is 0 Å². The summed E-state index contributed by atoms with van der Waals surface area (Å²) >= 11 is 0. The standard InChI is InChI=1S/C17H26O2/c1-3-19-17-10-9-13(2)11-15(17)16(18)12-14-7-5-4-6-8-14/h9-11,14,16,18H,3-8,12H2,1-2H3. The molecular formula is C17H26O2. The monoisotopic (exact) mass is 262 g/mol. The molecule has 1 unspecified atom stereocenters. The quantitative estimate of drug-likeness (QED) is 0.852. The van der Waals surface area contributed by atoms with E-state index < -0.39 is 0 Å². The highest BCUT2D eigenvalue weighted by Crippen LogP contribution is 2.35. The van der Waals surface area contributed by atoms with Gasteiger partial charge >= 0.3 is 0 Å². The topological polar surface area (TPSA) is 29.5 Å². The first-order valence-electron chi connectivity index (χ1n) is 7.62. The Kier molecular flexibility index (Phi) is 5.26. The van der Waals surface area contributed by atoms with Crippen LogP contribution in [0, 0.1) is 12.8 Å². The third kappa shape index (κ3) is 3.97. The third-order valence-electron chi connectivity index (χ3n) is 4.11. The van der Waals surface area contributed by atoms with Crippen molar-refractivity contribution >= 4 is 0 Å². The minimum Gasteiger partial charge on any atom is -0.493 e. The van der Waals surface area contributed by atoms with Gasteiger partial charge in [0.25, 0.3) is 0 Å². The molecule has 1 aliphatic carbocycles. The molecule has 0 bridgehead atoms. The molecule has 2 nitrogen and oxygen atoms in total. The molecule has 0 saturated heterocycles. The summed E-state index contributed by atoms with van der Waals surface area (Å²) in [6.07, 6.45) is 7.04. The van der Waals surface area contributed by atoms with Gasteiger partial charge in [0, 0.05) is 5.56 Å². The predicted molar refractivity (Wildman–Crippen MR) is 78.5 cm³/mol. The summed E-state index contributed by atoms with van der Waals surface area (Å²) in [6, 6.07) is 6.10. The number of aryl methyl sites for hydroxylation is 1. The zero-order valence-corrected chi connectivity index (χ0v) is 12.2. The zero-order chi connectivity index (χ0) is 13.7. The number of ether oxygens (including phenoxy) is 1. The van der Waals surface area contributed by atoms with Crippen LogP contribution < -0.4 is 4.74 Å². The Labute approximate surface area is 116 Å². The van der Waals surface area contributed by atoms with Crippen LogP contribution in [0.5, 0.6) is 5.75 Å². The molecule has 1 aromatic rings. The van der Waals surface area contributed by atoms with Crippen LogP contribution in [-0.2, 0) is 0 Å². The average Bonchev–Trinajstić information content (AvgIpc) is 2.42. The van der Waals surface area contributed by atoms with Gasteiger partial charge in [-0.15, -0.1) is 0 Å². The van der Waals surface area contributed by atoms with E-state index in [-0.39, 0.29) is 6.10 Å². The fourth-order valence-electron chi connectivity index (χ4n) is 3.08. The van der Waals surface area contributed by atoms with Crippen molar-refractivity contribution in [2.45, 2.75) is 58.5 Å². The van der Waals surface area contributed by atoms with Crippen LogP contribution >= 0.6 is 0 Å². The minimum atomic E-state index is -0.385. The van der Waals surface area contributed by atoms with Gasteiger partial charge in [0.15, 0.2) is 0 Å². The van der Waals surface area contributed by atoms with Gasteiger partial charge in [-0.2, -0.15) is 0 Å². The van der Waals surface area contributed by atoms with Crippen LogP contribution in [0.1, 0.15) is 62.7 Å². The highest BCUT2D eigenvalue weighted by atomic mass is 16.5. The molecule has 1 aromatic carbocycles. The van der Waals surface area contributed by atoms with Gasteiger partial charge in [0.05, 0.1) is 12.7 Å². The van der Waals surface area contributed by atoms with Gasteiger partial charge in [-0.25, -0.2) is 0 Å². The second-order valence-electron chi connectivity index (χ2n) is 5.73. The van der Waals surface area contributed by atoms with Crippen molar-refractivity contribution < 1.29 is 9.84 Å². The molecule has 1 atom stereocenters. The van der Waals surface area contributed by atoms with Gasteiger partial charge in [0.2, 0.25) is 0 Å². The number of hydrogen-bond acceptors (Lipinski definition) is 2. The number of aliphatic hydroxyl groups excluding tert-OH is 1. The second kappa shape index (κ2) is 6.95. The molecule has 19 heavy (non-hydrogen) atoms. The summed E-state index contributed by atoms with van der Waals surface area (Å²) < 4.78 is 5.64. The summed E-state index contributed by atoms with van der Waals surface area (Å²) in [5.41, 5.74) is 2.15. The highest BCUT2D eigenvalue weighted by molar-refractivity contribution is 5.38. The summed E-state index contributed by atoms with van der Waals surface area (Å²) in [5, 5.41) is 10.5. The molecule has 2 rings (SSSR count). The first kappa shape index (κ1) is 14.4. The maximum absolute atomic E-state index is 10.5. The summed E-state index contributed by atoms with van der Waals surface area (Å²) in [6.45, 7) is 4.69. The van der Waals surface area contributed by atoms with Gasteiger partial charge in [0.1, 0.15) is 5.75 Å². The molecule has 0 aliphatic heterocycles. The third-order valence-corrected chi connectivity index (χ3v) is 4.11. The van der Waals surface area contributed by atoms with Crippen molar-refractivity contribution in [2.75, 3.05) is 6.61 Å². The van der Waals surface area contributed by atoms with E-state index in [1.54, 1.807) is 0 Å². The van der Waals surface area contributed by atoms with Crippen LogP contribution in [0.2, 0.25) is 0 Å². The van der Waals surface area contributed by atoms with Gasteiger partial charge in [-0.1, -0.05) is 43.7 Å². The Hall–Kier alpha value is -1.02. The smallest absolute Gasteiger partial charge is 0.125 e. The highest BCUT2D eigenvalue weighted by Gasteiger charge is 2.21. The molecular weight excluding hydrogens is 236 g/mol. The summed E-state index contributed by atoms with van der Waals surface area (Å²) in [4.78, 5) is 0. The molecule has 1 aliphatic rings. The molecule has 2 heteroatoms. The lowest BCUT2D eigenvalue weighted by atomic mass is 9.84. The van der Waals surface area contributed by atoms with Crippen LogP contribution in [0.15, 0.2) is 18.2 Å². The molecule has 0 radical (unpaired) electrons. The Balaban J connectivity index is 2.07. The lowest BCUT2D eigenvalue weighted by Gasteiger charge is -2.25. The first-order valence-corrected chi connectivity index (χ1v) is 7.62. The van der Waals surface area contributed by atoms with E-state index in [9.17, 15) is 5.11 Å². The van der Waals surface area contributed by atoms with Crippen molar-refractivity contribution in [3.8, 4) is 5.75 Å². The van der Waals surface area contributed by atoms with Crippen LogP contribution in [-0.4, -0.2) is 11.7 Å². The van der Waals surface area contributed by atoms with E-state index in [2.05, 4.69) is 13.0 Å². The second-order valence-corrected chi connectivity index (χ2v) is 5.73. The van der Waals surface area contributed by atoms with Crippen molar-refractivity contribution in [3.63, 3.8) is 0 Å². The lowest BCUT2D eigenvalue weighted by Crippen LogP contribution is -2.12. The fraction of sp³-hybridized carbons (Fsp3) is 0.647. The molecule has 106 valence electrons. The summed E-state index contributed by atoms with van der Waals surface area (Å²) in [7, 11) is 0. The van der Waals surface area contributed by atoms with E-state index in [0.29, 0.717) is 12.5 Å². The van der Waals surface area contributed by atoms with Crippen LogP contribution in [0.3, 0.4) is 0 Å². The maximum Gasteiger partial charge on any atom is 0.125 e. The Morgan fingerprint density at radius 3 is 2.68 bits per heavy atom. The molecule has 1 fully saturated rings. The number of rotatable bonds is 5. The zero-order valence-electron chi connectivity index (χ0n) is 12.2. The van der Waals surface area contributed by atoms with E-state index in [1.165, 1.54) is 37.7 Å². The first-order chi connectivity index (χ1) is 9.20. The van der Waals surface area contributed by atoms with E-state index in [0.717, 1.165) is 17.7 Å². The fourth-order valence-corrected chi connectivity index (χ4v) is 3.08. The van der Waals surface area contributed by atoms with Gasteiger partial charge in [-0.3, -0.25) is 0 Å². The molecule has 0 spiro atoms. The number of aliphatic hydroxyl groups is 1. The van der Waals surface area contributed by atoms with Crippen molar-refractivity contribution in [3.05, 3.63) is 29.3 Å². The maximum atomic E-state index is 10.5. The van der Waals surface area contributed by atoms with Crippen LogP contribution in [0.4, 0.5) is 0 Å². The van der Waals surface area contributed by atoms with Gasteiger partial charge < -0.3 is 9.84 Å². The molecule has 0 amide bonds.